The topological polar surface area (TPSA) is 183 Å². The standard InChI is InChI=1S/2C13H11NO4S/c2*15-12-7-3-1-5-10(12)9-14-11-6-2-4-8-13(11)19(16,17)18/h2*1-9,15H,(H,16,17,18). The Kier molecular flexibility index (Phi) is 9.10. The number of aromatic hydroxyl groups is 2. The summed E-state index contributed by atoms with van der Waals surface area (Å²) >= 11 is 0. The molecule has 0 amide bonds. The van der Waals surface area contributed by atoms with Gasteiger partial charge in [-0.15, -0.1) is 0 Å². The van der Waals surface area contributed by atoms with Gasteiger partial charge in [0.25, 0.3) is 0 Å². The number of hydrogen-bond acceptors (Lipinski definition) is 8. The highest BCUT2D eigenvalue weighted by Crippen LogP contribution is 2.17. The molecule has 0 aromatic heterocycles. The third-order valence-corrected chi connectivity index (χ3v) is 6.74. The zero-order chi connectivity index (χ0) is 27.8. The van der Waals surface area contributed by atoms with Crippen LogP contribution in [-0.4, -0.2) is 48.6 Å². The van der Waals surface area contributed by atoms with Gasteiger partial charge in [0.05, 0.1) is 11.1 Å². The number of para-hydroxylation sites is 4. The van der Waals surface area contributed by atoms with Crippen LogP contribution in [0.4, 0.5) is 11.4 Å². The van der Waals surface area contributed by atoms with E-state index in [1.165, 1.54) is 61.0 Å². The third kappa shape index (κ3) is 7.82. The van der Waals surface area contributed by atoms with Gasteiger partial charge in [0, 0.05) is 12.1 Å². The second-order valence-corrected chi connectivity index (χ2v) is 10.3. The Morgan fingerprint density at radius 3 is 1.18 bits per heavy atom. The van der Waals surface area contributed by atoms with Gasteiger partial charge in [0.15, 0.2) is 12.4 Å². The summed E-state index contributed by atoms with van der Waals surface area (Å²) in [5.74, 6) is 0.106. The second-order valence-electron chi connectivity index (χ2n) is 7.60. The highest BCUT2D eigenvalue weighted by Gasteiger charge is 2.13. The van der Waals surface area contributed by atoms with Crippen LogP contribution in [0.25, 0.3) is 0 Å². The number of rotatable bonds is 6. The fourth-order valence-electron chi connectivity index (χ4n) is 3.14. The Hall–Kier alpha value is -4.36. The Morgan fingerprint density at radius 2 is 0.842 bits per heavy atom. The normalized spacial score (nSPS) is 11.8. The zero-order valence-corrected chi connectivity index (χ0v) is 21.2. The first-order chi connectivity index (χ1) is 18.0. The highest BCUT2D eigenvalue weighted by atomic mass is 32.2. The van der Waals surface area contributed by atoms with Gasteiger partial charge in [-0.25, -0.2) is 26.8 Å². The largest absolute Gasteiger partial charge is 0.744 e. The molecule has 12 heteroatoms. The van der Waals surface area contributed by atoms with E-state index >= 15 is 0 Å². The Morgan fingerprint density at radius 1 is 0.526 bits per heavy atom. The Balaban J connectivity index is 0.000000211. The average Bonchev–Trinajstić information content (AvgIpc) is 2.87. The molecule has 0 saturated heterocycles. The molecule has 0 unspecified atom stereocenters. The molecule has 0 saturated carbocycles. The first kappa shape index (κ1) is 28.2. The van der Waals surface area contributed by atoms with Gasteiger partial charge >= 0.3 is 0 Å². The van der Waals surface area contributed by atoms with Crippen molar-refractivity contribution in [2.75, 3.05) is 0 Å². The molecule has 0 spiro atoms. The van der Waals surface area contributed by atoms with Gasteiger partial charge in [-0.2, -0.15) is 0 Å². The van der Waals surface area contributed by atoms with Crippen molar-refractivity contribution >= 4 is 44.0 Å². The van der Waals surface area contributed by atoms with Crippen LogP contribution < -0.4 is 9.98 Å². The number of phenolic OH excluding ortho intramolecular Hbond substituents is 2. The van der Waals surface area contributed by atoms with Crippen LogP contribution >= 0.6 is 0 Å². The van der Waals surface area contributed by atoms with E-state index in [1.54, 1.807) is 48.5 Å². The van der Waals surface area contributed by atoms with Crippen molar-refractivity contribution in [1.82, 2.24) is 0 Å². The molecule has 0 bridgehead atoms. The molecule has 0 heterocycles. The summed E-state index contributed by atoms with van der Waals surface area (Å²) in [5, 5.41) is 19.1. The Labute approximate surface area is 219 Å². The molecular weight excluding hydrogens is 532 g/mol. The summed E-state index contributed by atoms with van der Waals surface area (Å²) < 4.78 is 66.4. The molecule has 38 heavy (non-hydrogen) atoms. The van der Waals surface area contributed by atoms with E-state index < -0.39 is 20.2 Å². The minimum atomic E-state index is -4.54. The SMILES string of the molecule is O=S(=O)([O-])c1ccccc1[NH+]=Cc1ccccc1O.O=S(=O)([O-])c1ccccc1[NH+]=Cc1ccccc1O. The molecule has 0 aliphatic heterocycles. The van der Waals surface area contributed by atoms with Crippen molar-refractivity contribution in [3.05, 3.63) is 108 Å². The number of benzene rings is 4. The molecule has 4 aromatic carbocycles. The highest BCUT2D eigenvalue weighted by molar-refractivity contribution is 7.86. The minimum Gasteiger partial charge on any atom is -0.744 e. The van der Waals surface area contributed by atoms with Crippen LogP contribution in [0.2, 0.25) is 0 Å². The molecule has 0 radical (unpaired) electrons. The van der Waals surface area contributed by atoms with Crippen molar-refractivity contribution in [1.29, 1.82) is 0 Å². The van der Waals surface area contributed by atoms with Gasteiger partial charge in [-0.05, 0) is 36.4 Å². The van der Waals surface area contributed by atoms with Gasteiger partial charge in [-0.3, -0.25) is 0 Å². The molecule has 196 valence electrons. The molecule has 0 aliphatic carbocycles. The van der Waals surface area contributed by atoms with E-state index in [2.05, 4.69) is 9.98 Å². The maximum Gasteiger partial charge on any atom is 0.221 e. The van der Waals surface area contributed by atoms with Crippen molar-refractivity contribution in [3.8, 4) is 11.5 Å². The van der Waals surface area contributed by atoms with Crippen LogP contribution in [0.3, 0.4) is 0 Å². The zero-order valence-electron chi connectivity index (χ0n) is 19.6. The first-order valence-corrected chi connectivity index (χ1v) is 13.6. The summed E-state index contributed by atoms with van der Waals surface area (Å²) in [7, 11) is -9.09. The summed E-state index contributed by atoms with van der Waals surface area (Å²) in [5.41, 5.74) is 1.31. The molecule has 4 N–H and O–H groups in total. The van der Waals surface area contributed by atoms with Gasteiger partial charge in [0.2, 0.25) is 11.4 Å². The molecule has 0 fully saturated rings. The number of nitrogens with one attached hydrogen (secondary N) is 2. The minimum absolute atomic E-state index is 0.0532. The van der Waals surface area contributed by atoms with Crippen LogP contribution in [-0.2, 0) is 20.2 Å². The molecular formula is C26H22N2O8S2. The van der Waals surface area contributed by atoms with Crippen LogP contribution in [0.15, 0.2) is 107 Å². The van der Waals surface area contributed by atoms with Crippen molar-refractivity contribution in [2.45, 2.75) is 9.79 Å². The number of hydrogen-bond donors (Lipinski definition) is 4. The summed E-state index contributed by atoms with van der Waals surface area (Å²) in [4.78, 5) is 4.76. The molecule has 10 nitrogen and oxygen atoms in total. The molecule has 0 atom stereocenters. The predicted octanol–water partition coefficient (Wildman–Crippen LogP) is 0.255. The van der Waals surface area contributed by atoms with E-state index in [0.29, 0.717) is 11.1 Å². The van der Waals surface area contributed by atoms with Crippen molar-refractivity contribution in [3.63, 3.8) is 0 Å². The van der Waals surface area contributed by atoms with E-state index in [1.807, 2.05) is 0 Å². The molecule has 4 aromatic rings. The Bertz CT molecular complexity index is 1570. The predicted molar refractivity (Wildman–Crippen MR) is 137 cm³/mol. The first-order valence-electron chi connectivity index (χ1n) is 10.8. The van der Waals surface area contributed by atoms with Crippen molar-refractivity contribution in [2.24, 2.45) is 0 Å². The van der Waals surface area contributed by atoms with Gasteiger partial charge in [-0.1, -0.05) is 48.5 Å². The average molecular weight is 555 g/mol. The summed E-state index contributed by atoms with van der Waals surface area (Å²) in [6, 6.07) is 24.6. The maximum atomic E-state index is 11.1. The lowest BCUT2D eigenvalue weighted by Gasteiger charge is -2.05. The van der Waals surface area contributed by atoms with Crippen LogP contribution in [0, 0.1) is 0 Å². The third-order valence-electron chi connectivity index (χ3n) is 4.95. The fraction of sp³-hybridized carbons (Fsp3) is 0. The lowest BCUT2D eigenvalue weighted by Crippen LogP contribution is -2.62. The van der Waals surface area contributed by atoms with E-state index in [9.17, 15) is 36.2 Å². The lowest BCUT2D eigenvalue weighted by atomic mass is 10.2. The van der Waals surface area contributed by atoms with E-state index in [0.717, 1.165) is 0 Å². The van der Waals surface area contributed by atoms with E-state index in [-0.39, 0.29) is 32.7 Å². The van der Waals surface area contributed by atoms with Crippen molar-refractivity contribution < 1.29 is 46.1 Å². The smallest absolute Gasteiger partial charge is 0.221 e. The van der Waals surface area contributed by atoms with Gasteiger partial charge < -0.3 is 19.3 Å². The molecule has 4 rings (SSSR count). The van der Waals surface area contributed by atoms with Crippen LogP contribution in [0.5, 0.6) is 11.5 Å². The summed E-state index contributed by atoms with van der Waals surface area (Å²) in [6.45, 7) is 0. The lowest BCUT2D eigenvalue weighted by molar-refractivity contribution is -0.350. The number of phenols is 2. The quantitative estimate of drug-likeness (QED) is 0.193. The van der Waals surface area contributed by atoms with Gasteiger partial charge in [0.1, 0.15) is 41.5 Å². The fourth-order valence-corrected chi connectivity index (χ4v) is 4.42. The van der Waals surface area contributed by atoms with Crippen LogP contribution in [0.1, 0.15) is 11.1 Å². The maximum absolute atomic E-state index is 11.1. The molecule has 0 aliphatic rings. The summed E-state index contributed by atoms with van der Waals surface area (Å²) in [6.07, 6.45) is 2.86. The monoisotopic (exact) mass is 554 g/mol. The van der Waals surface area contributed by atoms with E-state index in [4.69, 9.17) is 0 Å². The second kappa shape index (κ2) is 12.3.